The fourth-order valence-corrected chi connectivity index (χ4v) is 5.13. The highest BCUT2D eigenvalue weighted by Gasteiger charge is 2.23. The summed E-state index contributed by atoms with van der Waals surface area (Å²) in [4.78, 5) is 19.4. The molecule has 4 rings (SSSR count). The Kier molecular flexibility index (Phi) is 6.83. The number of carbonyl (C=O) groups excluding carboxylic acids is 1. The molecule has 30 heavy (non-hydrogen) atoms. The van der Waals surface area contributed by atoms with Crippen molar-refractivity contribution in [2.75, 3.05) is 11.9 Å². The second-order valence-electron chi connectivity index (χ2n) is 9.19. The molecule has 0 bridgehead atoms. The highest BCUT2D eigenvalue weighted by Crippen LogP contribution is 2.30. The number of aliphatic hydroxyl groups excluding tert-OH is 1. The Morgan fingerprint density at radius 3 is 2.53 bits per heavy atom. The standard InChI is InChI=1S/C26H34N2O2/c1-28(23-8-4-5-9-23)26-18-22(14-15-27-26)25(30)13-12-24(29)11-10-19-16-20-6-2-3-7-21(20)17-19/h2-3,6-7,14-15,18-19,23-24,29H,4-5,8-13,16-17H2,1H3. The van der Waals surface area contributed by atoms with Gasteiger partial charge in [0, 0.05) is 31.3 Å². The molecule has 1 saturated carbocycles. The van der Waals surface area contributed by atoms with Gasteiger partial charge in [0.1, 0.15) is 5.82 Å². The third-order valence-corrected chi connectivity index (χ3v) is 7.05. The van der Waals surface area contributed by atoms with Gasteiger partial charge in [0.05, 0.1) is 6.10 Å². The SMILES string of the molecule is CN(c1cc(C(=O)CCC(O)CCC2Cc3ccccc3C2)ccn1)C1CCCC1. The molecule has 1 aromatic carbocycles. The molecular weight excluding hydrogens is 372 g/mol. The Hall–Kier alpha value is -2.20. The lowest BCUT2D eigenvalue weighted by molar-refractivity contribution is 0.0927. The van der Waals surface area contributed by atoms with Gasteiger partial charge in [0.15, 0.2) is 5.78 Å². The van der Waals surface area contributed by atoms with Crippen LogP contribution in [-0.4, -0.2) is 35.1 Å². The number of ketones is 1. The van der Waals surface area contributed by atoms with Crippen LogP contribution in [0.15, 0.2) is 42.6 Å². The van der Waals surface area contributed by atoms with E-state index in [1.807, 2.05) is 6.07 Å². The summed E-state index contributed by atoms with van der Waals surface area (Å²) >= 11 is 0. The highest BCUT2D eigenvalue weighted by atomic mass is 16.3. The summed E-state index contributed by atoms with van der Waals surface area (Å²) in [6.45, 7) is 0. The van der Waals surface area contributed by atoms with E-state index in [2.05, 4.69) is 41.2 Å². The summed E-state index contributed by atoms with van der Waals surface area (Å²) < 4.78 is 0. The maximum absolute atomic E-state index is 12.7. The number of aromatic nitrogens is 1. The van der Waals surface area contributed by atoms with Crippen LogP contribution in [0.5, 0.6) is 0 Å². The molecule has 1 unspecified atom stereocenters. The van der Waals surface area contributed by atoms with Gasteiger partial charge in [0.25, 0.3) is 0 Å². The van der Waals surface area contributed by atoms with Crippen LogP contribution in [0, 0.1) is 5.92 Å². The van der Waals surface area contributed by atoms with Crippen molar-refractivity contribution in [2.45, 2.75) is 76.4 Å². The number of hydrogen-bond donors (Lipinski definition) is 1. The van der Waals surface area contributed by atoms with Crippen molar-refractivity contribution in [3.8, 4) is 0 Å². The molecule has 1 heterocycles. The van der Waals surface area contributed by atoms with Gasteiger partial charge >= 0.3 is 0 Å². The largest absolute Gasteiger partial charge is 0.393 e. The molecule has 4 heteroatoms. The van der Waals surface area contributed by atoms with Crippen LogP contribution in [0.25, 0.3) is 0 Å². The highest BCUT2D eigenvalue weighted by molar-refractivity contribution is 5.96. The van der Waals surface area contributed by atoms with E-state index in [0.717, 1.165) is 31.5 Å². The number of hydrogen-bond acceptors (Lipinski definition) is 4. The monoisotopic (exact) mass is 406 g/mol. The Morgan fingerprint density at radius 2 is 1.83 bits per heavy atom. The Bertz CT molecular complexity index is 835. The van der Waals surface area contributed by atoms with Crippen LogP contribution in [-0.2, 0) is 12.8 Å². The maximum atomic E-state index is 12.7. The minimum atomic E-state index is -0.403. The van der Waals surface area contributed by atoms with E-state index in [1.54, 1.807) is 12.3 Å². The van der Waals surface area contributed by atoms with Gasteiger partial charge in [-0.05, 0) is 74.1 Å². The van der Waals surface area contributed by atoms with Crippen LogP contribution in [0.2, 0.25) is 0 Å². The van der Waals surface area contributed by atoms with Crippen LogP contribution in [0.1, 0.15) is 72.9 Å². The topological polar surface area (TPSA) is 53.4 Å². The summed E-state index contributed by atoms with van der Waals surface area (Å²) in [6, 6.07) is 12.9. The molecule has 0 amide bonds. The fourth-order valence-electron chi connectivity index (χ4n) is 5.13. The van der Waals surface area contributed by atoms with Crippen molar-refractivity contribution >= 4 is 11.6 Å². The van der Waals surface area contributed by atoms with Gasteiger partial charge < -0.3 is 10.0 Å². The normalized spacial score (nSPS) is 17.8. The zero-order valence-electron chi connectivity index (χ0n) is 18.1. The number of fused-ring (bicyclic) bond motifs is 1. The summed E-state index contributed by atoms with van der Waals surface area (Å²) in [5, 5.41) is 10.4. The molecule has 2 aliphatic carbocycles. The van der Waals surface area contributed by atoms with E-state index in [0.29, 0.717) is 30.4 Å². The smallest absolute Gasteiger partial charge is 0.163 e. The molecule has 1 aromatic heterocycles. The van der Waals surface area contributed by atoms with Gasteiger partial charge in [-0.1, -0.05) is 37.1 Å². The lowest BCUT2D eigenvalue weighted by atomic mass is 9.95. The lowest BCUT2D eigenvalue weighted by Crippen LogP contribution is -2.29. The van der Waals surface area contributed by atoms with Crippen molar-refractivity contribution in [3.05, 3.63) is 59.3 Å². The molecule has 0 spiro atoms. The van der Waals surface area contributed by atoms with E-state index < -0.39 is 6.10 Å². The zero-order chi connectivity index (χ0) is 20.9. The summed E-state index contributed by atoms with van der Waals surface area (Å²) in [5.74, 6) is 1.61. The molecule has 2 aromatic rings. The zero-order valence-corrected chi connectivity index (χ0v) is 18.1. The van der Waals surface area contributed by atoms with Crippen LogP contribution >= 0.6 is 0 Å². The van der Waals surface area contributed by atoms with Crippen molar-refractivity contribution in [1.29, 1.82) is 0 Å². The average molecular weight is 407 g/mol. The van der Waals surface area contributed by atoms with Crippen LogP contribution in [0.4, 0.5) is 5.82 Å². The van der Waals surface area contributed by atoms with Crippen molar-refractivity contribution in [2.24, 2.45) is 5.92 Å². The predicted molar refractivity (Wildman–Crippen MR) is 121 cm³/mol. The molecule has 160 valence electrons. The molecule has 0 aliphatic heterocycles. The molecule has 0 saturated heterocycles. The van der Waals surface area contributed by atoms with E-state index in [4.69, 9.17) is 0 Å². The lowest BCUT2D eigenvalue weighted by Gasteiger charge is -2.25. The van der Waals surface area contributed by atoms with E-state index >= 15 is 0 Å². The second-order valence-corrected chi connectivity index (χ2v) is 9.19. The molecule has 2 aliphatic rings. The third-order valence-electron chi connectivity index (χ3n) is 7.05. The first kappa shape index (κ1) is 21.0. The van der Waals surface area contributed by atoms with Crippen LogP contribution < -0.4 is 4.90 Å². The minimum Gasteiger partial charge on any atom is -0.393 e. The Balaban J connectivity index is 1.23. The number of pyridine rings is 1. The number of rotatable bonds is 9. The number of anilines is 1. The van der Waals surface area contributed by atoms with Crippen molar-refractivity contribution < 1.29 is 9.90 Å². The average Bonchev–Trinajstić information content (AvgIpc) is 3.45. The predicted octanol–water partition coefficient (Wildman–Crippen LogP) is 4.98. The van der Waals surface area contributed by atoms with E-state index in [1.165, 1.54) is 36.8 Å². The second kappa shape index (κ2) is 9.74. The van der Waals surface area contributed by atoms with Gasteiger partial charge in [-0.25, -0.2) is 4.98 Å². The fraction of sp³-hybridized carbons (Fsp3) is 0.538. The summed E-state index contributed by atoms with van der Waals surface area (Å²) in [6.07, 6.45) is 11.3. The van der Waals surface area contributed by atoms with Gasteiger partial charge in [-0.3, -0.25) is 4.79 Å². The first-order chi connectivity index (χ1) is 14.6. The summed E-state index contributed by atoms with van der Waals surface area (Å²) in [5.41, 5.74) is 3.63. The number of Topliss-reactive ketones (excluding diaryl/α,β-unsaturated/α-hetero) is 1. The number of carbonyl (C=O) groups is 1. The quantitative estimate of drug-likeness (QED) is 0.597. The molecule has 1 N–H and O–H groups in total. The van der Waals surface area contributed by atoms with Crippen LogP contribution in [0.3, 0.4) is 0 Å². The molecule has 0 radical (unpaired) electrons. The Morgan fingerprint density at radius 1 is 1.13 bits per heavy atom. The van der Waals surface area contributed by atoms with Gasteiger partial charge in [0.2, 0.25) is 0 Å². The first-order valence-corrected chi connectivity index (χ1v) is 11.6. The van der Waals surface area contributed by atoms with E-state index in [9.17, 15) is 9.90 Å². The molecular formula is C26H34N2O2. The molecule has 4 nitrogen and oxygen atoms in total. The maximum Gasteiger partial charge on any atom is 0.163 e. The number of benzene rings is 1. The number of aliphatic hydroxyl groups is 1. The summed E-state index contributed by atoms with van der Waals surface area (Å²) in [7, 11) is 2.08. The van der Waals surface area contributed by atoms with Crippen molar-refractivity contribution in [3.63, 3.8) is 0 Å². The first-order valence-electron chi connectivity index (χ1n) is 11.6. The Labute approximate surface area is 180 Å². The van der Waals surface area contributed by atoms with E-state index in [-0.39, 0.29) is 5.78 Å². The van der Waals surface area contributed by atoms with Crippen molar-refractivity contribution in [1.82, 2.24) is 4.98 Å². The third kappa shape index (κ3) is 5.10. The molecule has 1 fully saturated rings. The van der Waals surface area contributed by atoms with Gasteiger partial charge in [-0.15, -0.1) is 0 Å². The number of nitrogens with zero attached hydrogens (tertiary/aromatic N) is 2. The van der Waals surface area contributed by atoms with Gasteiger partial charge in [-0.2, -0.15) is 0 Å². The molecule has 1 atom stereocenters. The minimum absolute atomic E-state index is 0.103.